The molecule has 0 spiro atoms. The molecule has 0 unspecified atom stereocenters. The maximum Gasteiger partial charge on any atom is -0.0379 e. The van der Waals surface area contributed by atoms with Crippen LogP contribution >= 0.6 is 0 Å². The van der Waals surface area contributed by atoms with E-state index in [1.54, 1.807) is 0 Å². The van der Waals surface area contributed by atoms with Gasteiger partial charge in [-0.3, -0.25) is 0 Å². The van der Waals surface area contributed by atoms with Crippen LogP contribution in [-0.2, 0) is 0 Å². The first kappa shape index (κ1) is 12.4. The summed E-state index contributed by atoms with van der Waals surface area (Å²) in [4.78, 5) is 0. The van der Waals surface area contributed by atoms with Crippen molar-refractivity contribution in [2.75, 3.05) is 0 Å². The lowest BCUT2D eigenvalue weighted by atomic mass is 10.2. The third-order valence-electron chi connectivity index (χ3n) is 1.29. The van der Waals surface area contributed by atoms with E-state index in [2.05, 4.69) is 39.8 Å². The zero-order valence-corrected chi connectivity index (χ0v) is 8.15. The van der Waals surface area contributed by atoms with Crippen LogP contribution in [0.25, 0.3) is 0 Å². The van der Waals surface area contributed by atoms with Crippen LogP contribution < -0.4 is 0 Å². The van der Waals surface area contributed by atoms with E-state index in [1.165, 1.54) is 6.42 Å². The van der Waals surface area contributed by atoms with Crippen LogP contribution in [0.15, 0.2) is 12.2 Å². The molecule has 0 aromatic rings. The first-order valence-corrected chi connectivity index (χ1v) is 4.30. The van der Waals surface area contributed by atoms with E-state index < -0.39 is 0 Å². The molecule has 0 atom stereocenters. The molecule has 0 rings (SSSR count). The fraction of sp³-hybridized carbons (Fsp3) is 0.800. The minimum atomic E-state index is 0.884. The van der Waals surface area contributed by atoms with Gasteiger partial charge in [0.25, 0.3) is 0 Å². The molecule has 0 heterocycles. The molecule has 0 fully saturated rings. The topological polar surface area (TPSA) is 0 Å². The second kappa shape index (κ2) is 11.5. The summed E-state index contributed by atoms with van der Waals surface area (Å²) in [5.74, 6) is 0.884. The zero-order valence-electron chi connectivity index (χ0n) is 8.15. The third kappa shape index (κ3) is 25.1. The Morgan fingerprint density at radius 2 is 1.60 bits per heavy atom. The van der Waals surface area contributed by atoms with Crippen molar-refractivity contribution in [2.45, 2.75) is 47.5 Å². The summed E-state index contributed by atoms with van der Waals surface area (Å²) >= 11 is 0. The standard InChI is InChI=1S/C5H12.C5H10/c1-4-5(2)3;1-3-5-4-2/h5H,4H2,1-3H3;3,5H,4H2,1-2H3. The van der Waals surface area contributed by atoms with E-state index in [0.717, 1.165) is 12.3 Å². The average Bonchev–Trinajstić information content (AvgIpc) is 1.91. The molecule has 0 amide bonds. The molecule has 0 nitrogen and oxygen atoms in total. The second-order valence-electron chi connectivity index (χ2n) is 2.78. The minimum Gasteiger partial charge on any atom is -0.0917 e. The Labute approximate surface area is 66.3 Å². The Balaban J connectivity index is 0. The summed E-state index contributed by atoms with van der Waals surface area (Å²) in [7, 11) is 0. The van der Waals surface area contributed by atoms with Gasteiger partial charge in [-0.1, -0.05) is 46.3 Å². The molecule has 0 heteroatoms. The van der Waals surface area contributed by atoms with E-state index in [9.17, 15) is 0 Å². The lowest BCUT2D eigenvalue weighted by Gasteiger charge is -1.90. The predicted octanol–water partition coefficient (Wildman–Crippen LogP) is 4.02. The molecule has 0 radical (unpaired) electrons. The molecule has 0 saturated carbocycles. The van der Waals surface area contributed by atoms with Crippen LogP contribution in [0.4, 0.5) is 0 Å². The van der Waals surface area contributed by atoms with Crippen LogP contribution in [0.5, 0.6) is 0 Å². The average molecular weight is 142 g/mol. The predicted molar refractivity (Wildman–Crippen MR) is 50.2 cm³/mol. The molecule has 0 aromatic heterocycles. The largest absolute Gasteiger partial charge is 0.0917 e. The highest BCUT2D eigenvalue weighted by molar-refractivity contribution is 4.73. The molecule has 62 valence electrons. The fourth-order valence-electron chi connectivity index (χ4n) is 0.236. The van der Waals surface area contributed by atoms with Gasteiger partial charge in [0.15, 0.2) is 0 Å². The van der Waals surface area contributed by atoms with E-state index in [0.29, 0.717) is 0 Å². The zero-order chi connectivity index (χ0) is 8.41. The van der Waals surface area contributed by atoms with Gasteiger partial charge in [0.2, 0.25) is 0 Å². The molecular weight excluding hydrogens is 120 g/mol. The van der Waals surface area contributed by atoms with Crippen molar-refractivity contribution in [3.8, 4) is 0 Å². The molecule has 0 N–H and O–H groups in total. The summed E-state index contributed by atoms with van der Waals surface area (Å²) in [5.41, 5.74) is 0. The highest BCUT2D eigenvalue weighted by Gasteiger charge is 1.80. The maximum atomic E-state index is 2.22. The Morgan fingerprint density at radius 3 is 1.60 bits per heavy atom. The molecule has 0 aliphatic heterocycles. The molecule has 0 aliphatic rings. The third-order valence-corrected chi connectivity index (χ3v) is 1.29. The van der Waals surface area contributed by atoms with Gasteiger partial charge in [-0.15, -0.1) is 0 Å². The number of hydrogen-bond acceptors (Lipinski definition) is 0. The van der Waals surface area contributed by atoms with Crippen molar-refractivity contribution >= 4 is 0 Å². The van der Waals surface area contributed by atoms with E-state index in [4.69, 9.17) is 0 Å². The van der Waals surface area contributed by atoms with Gasteiger partial charge < -0.3 is 0 Å². The summed E-state index contributed by atoms with van der Waals surface area (Å²) in [6.07, 6.45) is 6.65. The lowest BCUT2D eigenvalue weighted by Crippen LogP contribution is -1.77. The molecule has 0 aliphatic carbocycles. The van der Waals surface area contributed by atoms with Crippen molar-refractivity contribution < 1.29 is 0 Å². The first-order chi connectivity index (χ1) is 4.68. The monoisotopic (exact) mass is 142 g/mol. The number of hydrogen-bond donors (Lipinski definition) is 0. The molecule has 0 saturated heterocycles. The van der Waals surface area contributed by atoms with Crippen LogP contribution in [0.3, 0.4) is 0 Å². The molecular formula is C10H22. The molecule has 0 aromatic carbocycles. The van der Waals surface area contributed by atoms with Crippen LogP contribution in [0.2, 0.25) is 0 Å². The van der Waals surface area contributed by atoms with Crippen LogP contribution in [-0.4, -0.2) is 0 Å². The summed E-state index contributed by atoms with van der Waals surface area (Å²) in [6, 6.07) is 0. The normalized spacial score (nSPS) is 9.80. The quantitative estimate of drug-likeness (QED) is 0.511. The Hall–Kier alpha value is -0.260. The Kier molecular flexibility index (Phi) is 14.3. The second-order valence-corrected chi connectivity index (χ2v) is 2.78. The summed E-state index contributed by atoms with van der Waals surface area (Å²) < 4.78 is 0. The lowest BCUT2D eigenvalue weighted by molar-refractivity contribution is 0.626. The Bertz CT molecular complexity index is 60.4. The highest BCUT2D eigenvalue weighted by Crippen LogP contribution is 1.93. The van der Waals surface area contributed by atoms with Crippen molar-refractivity contribution in [3.63, 3.8) is 0 Å². The van der Waals surface area contributed by atoms with Crippen LogP contribution in [0, 0.1) is 5.92 Å². The maximum absolute atomic E-state index is 2.22. The van der Waals surface area contributed by atoms with Gasteiger partial charge in [-0.05, 0) is 19.3 Å². The van der Waals surface area contributed by atoms with Gasteiger partial charge in [-0.2, -0.15) is 0 Å². The van der Waals surface area contributed by atoms with Gasteiger partial charge in [0.1, 0.15) is 0 Å². The van der Waals surface area contributed by atoms with Gasteiger partial charge in [0, 0.05) is 0 Å². The summed E-state index contributed by atoms with van der Waals surface area (Å²) in [5, 5.41) is 0. The smallest absolute Gasteiger partial charge is 0.0379 e. The van der Waals surface area contributed by atoms with Crippen molar-refractivity contribution in [1.82, 2.24) is 0 Å². The van der Waals surface area contributed by atoms with Gasteiger partial charge >= 0.3 is 0 Å². The summed E-state index contributed by atoms with van der Waals surface area (Å²) in [6.45, 7) is 10.8. The van der Waals surface area contributed by atoms with Gasteiger partial charge in [-0.25, -0.2) is 0 Å². The Morgan fingerprint density at radius 1 is 1.20 bits per heavy atom. The fourth-order valence-corrected chi connectivity index (χ4v) is 0.236. The first-order valence-electron chi connectivity index (χ1n) is 4.30. The molecule has 0 bridgehead atoms. The van der Waals surface area contributed by atoms with Crippen LogP contribution in [0.1, 0.15) is 47.5 Å². The molecule has 10 heavy (non-hydrogen) atoms. The van der Waals surface area contributed by atoms with Crippen molar-refractivity contribution in [1.29, 1.82) is 0 Å². The number of rotatable bonds is 2. The SMILES string of the molecule is CC=CCC.CCC(C)C. The minimum absolute atomic E-state index is 0.884. The van der Waals surface area contributed by atoms with Crippen molar-refractivity contribution in [2.24, 2.45) is 5.92 Å². The van der Waals surface area contributed by atoms with E-state index in [1.807, 2.05) is 6.92 Å². The van der Waals surface area contributed by atoms with E-state index in [-0.39, 0.29) is 0 Å². The number of allylic oxidation sites excluding steroid dienone is 2. The highest BCUT2D eigenvalue weighted by atomic mass is 13.9. The van der Waals surface area contributed by atoms with Gasteiger partial charge in [0.05, 0.1) is 0 Å². The van der Waals surface area contributed by atoms with E-state index >= 15 is 0 Å². The van der Waals surface area contributed by atoms with Crippen molar-refractivity contribution in [3.05, 3.63) is 12.2 Å².